The Morgan fingerprint density at radius 1 is 1.15 bits per heavy atom. The number of aromatic nitrogens is 2. The van der Waals surface area contributed by atoms with E-state index in [1.807, 2.05) is 53.1 Å². The molecule has 2 aromatic rings. The third-order valence-electron chi connectivity index (χ3n) is 7.02. The molecule has 1 aliphatic heterocycles. The smallest absolute Gasteiger partial charge is 0.274 e. The lowest BCUT2D eigenvalue weighted by molar-refractivity contribution is 0.0637. The van der Waals surface area contributed by atoms with Crippen LogP contribution in [0.4, 0.5) is 0 Å². The number of imidazole rings is 1. The zero-order valence-corrected chi connectivity index (χ0v) is 20.4. The predicted molar refractivity (Wildman–Crippen MR) is 129 cm³/mol. The van der Waals surface area contributed by atoms with E-state index in [2.05, 4.69) is 17.1 Å². The zero-order chi connectivity index (χ0) is 23.2. The summed E-state index contributed by atoms with van der Waals surface area (Å²) in [6.45, 7) is 2.89. The minimum atomic E-state index is -0.227. The van der Waals surface area contributed by atoms with Crippen LogP contribution in [0.1, 0.15) is 16.9 Å². The van der Waals surface area contributed by atoms with Gasteiger partial charge in [0, 0.05) is 57.5 Å². The third kappa shape index (κ3) is 3.75. The highest BCUT2D eigenvalue weighted by molar-refractivity contribution is 7.98. The number of methoxy groups -OCH3 is 2. The van der Waals surface area contributed by atoms with Crippen molar-refractivity contribution in [1.82, 2.24) is 19.4 Å². The van der Waals surface area contributed by atoms with Crippen LogP contribution < -0.4 is 0 Å². The van der Waals surface area contributed by atoms with Crippen molar-refractivity contribution in [2.45, 2.75) is 17.2 Å². The van der Waals surface area contributed by atoms with Gasteiger partial charge in [0.15, 0.2) is 10.9 Å². The summed E-state index contributed by atoms with van der Waals surface area (Å²) in [6.07, 6.45) is 7.19. The Morgan fingerprint density at radius 2 is 1.88 bits per heavy atom. The summed E-state index contributed by atoms with van der Waals surface area (Å²) in [6, 6.07) is 10.0. The Labute approximate surface area is 199 Å². The van der Waals surface area contributed by atoms with Crippen LogP contribution in [0.25, 0.3) is 11.3 Å². The number of allylic oxidation sites excluding steroid dienone is 1. The number of hydrogen-bond donors (Lipinski definition) is 0. The number of benzene rings is 1. The Kier molecular flexibility index (Phi) is 5.74. The molecule has 1 aromatic carbocycles. The van der Waals surface area contributed by atoms with Crippen molar-refractivity contribution in [2.75, 3.05) is 46.7 Å². The van der Waals surface area contributed by atoms with E-state index in [9.17, 15) is 4.79 Å². The molecule has 2 unspecified atom stereocenters. The minimum absolute atomic E-state index is 0.00263. The summed E-state index contributed by atoms with van der Waals surface area (Å²) in [5, 5.41) is 0.840. The molecule has 2 fully saturated rings. The number of ether oxygens (including phenoxy) is 2. The monoisotopic (exact) mass is 466 g/mol. The first-order valence-corrected chi connectivity index (χ1v) is 12.5. The fourth-order valence-electron chi connectivity index (χ4n) is 5.07. The normalized spacial score (nSPS) is 24.2. The van der Waals surface area contributed by atoms with Crippen LogP contribution in [0.5, 0.6) is 0 Å². The molecule has 1 saturated heterocycles. The molecule has 174 valence electrons. The molecule has 0 bridgehead atoms. The van der Waals surface area contributed by atoms with Crippen LogP contribution in [-0.2, 0) is 16.5 Å². The first-order valence-electron chi connectivity index (χ1n) is 11.2. The second-order valence-electron chi connectivity index (χ2n) is 8.74. The molecular formula is C25H30N4O3S. The van der Waals surface area contributed by atoms with E-state index in [-0.39, 0.29) is 11.5 Å². The minimum Gasteiger partial charge on any atom is -0.497 e. The van der Waals surface area contributed by atoms with Gasteiger partial charge in [0.2, 0.25) is 0 Å². The van der Waals surface area contributed by atoms with Crippen molar-refractivity contribution in [3.8, 4) is 11.3 Å². The van der Waals surface area contributed by atoms with Gasteiger partial charge >= 0.3 is 0 Å². The van der Waals surface area contributed by atoms with Gasteiger partial charge in [-0.2, -0.15) is 0 Å². The van der Waals surface area contributed by atoms with E-state index in [0.29, 0.717) is 24.7 Å². The maximum absolute atomic E-state index is 13.6. The van der Waals surface area contributed by atoms with E-state index >= 15 is 0 Å². The summed E-state index contributed by atoms with van der Waals surface area (Å²) in [5.74, 6) is 1.22. The lowest BCUT2D eigenvalue weighted by Crippen LogP contribution is -2.49. The molecule has 2 heterocycles. The van der Waals surface area contributed by atoms with E-state index in [4.69, 9.17) is 14.5 Å². The fourth-order valence-corrected chi connectivity index (χ4v) is 5.62. The fraction of sp³-hybridized carbons (Fsp3) is 0.440. The maximum Gasteiger partial charge on any atom is 0.274 e. The molecule has 1 saturated carbocycles. The average molecular weight is 467 g/mol. The summed E-state index contributed by atoms with van der Waals surface area (Å²) in [7, 11) is 5.44. The number of carbonyl (C=O) groups excluding carboxylic acids is 1. The van der Waals surface area contributed by atoms with Gasteiger partial charge in [0.25, 0.3) is 5.91 Å². The predicted octanol–water partition coefficient (Wildman–Crippen LogP) is 3.40. The number of amides is 1. The van der Waals surface area contributed by atoms with Crippen LogP contribution in [0.15, 0.2) is 59.1 Å². The molecule has 8 heteroatoms. The Balaban J connectivity index is 1.34. The lowest BCUT2D eigenvalue weighted by Gasteiger charge is -2.38. The highest BCUT2D eigenvalue weighted by Gasteiger charge is 2.58. The number of nitrogens with zero attached hydrogens (tertiary/aromatic N) is 4. The van der Waals surface area contributed by atoms with Crippen LogP contribution in [0.2, 0.25) is 0 Å². The first kappa shape index (κ1) is 22.1. The summed E-state index contributed by atoms with van der Waals surface area (Å²) < 4.78 is 13.4. The number of thioether (sulfide) groups is 1. The Bertz CT molecular complexity index is 1120. The van der Waals surface area contributed by atoms with E-state index in [0.717, 1.165) is 41.7 Å². The van der Waals surface area contributed by atoms with Gasteiger partial charge in [-0.25, -0.2) is 4.98 Å². The summed E-state index contributed by atoms with van der Waals surface area (Å²) >= 11 is 1.55. The molecule has 2 atom stereocenters. The van der Waals surface area contributed by atoms with Crippen molar-refractivity contribution in [2.24, 2.45) is 13.0 Å². The highest BCUT2D eigenvalue weighted by Crippen LogP contribution is 2.56. The second-order valence-corrected chi connectivity index (χ2v) is 9.51. The Morgan fingerprint density at radius 3 is 2.52 bits per heavy atom. The summed E-state index contributed by atoms with van der Waals surface area (Å²) in [4.78, 5) is 22.6. The number of rotatable bonds is 6. The van der Waals surface area contributed by atoms with Gasteiger partial charge in [-0.15, -0.1) is 0 Å². The Hall–Kier alpha value is -2.71. The van der Waals surface area contributed by atoms with Crippen LogP contribution in [0, 0.1) is 5.92 Å². The second kappa shape index (κ2) is 8.57. The quantitative estimate of drug-likeness (QED) is 0.608. The molecule has 5 rings (SSSR count). The molecule has 0 radical (unpaired) electrons. The van der Waals surface area contributed by atoms with Crippen LogP contribution in [0.3, 0.4) is 0 Å². The number of fused-ring (bicyclic) bond motifs is 1. The van der Waals surface area contributed by atoms with Gasteiger partial charge in [-0.1, -0.05) is 42.1 Å². The molecule has 0 spiro atoms. The van der Waals surface area contributed by atoms with Crippen LogP contribution in [-0.4, -0.2) is 77.5 Å². The van der Waals surface area contributed by atoms with Gasteiger partial charge in [-0.3, -0.25) is 4.79 Å². The van der Waals surface area contributed by atoms with Crippen molar-refractivity contribution < 1.29 is 14.3 Å². The van der Waals surface area contributed by atoms with Crippen molar-refractivity contribution in [3.05, 3.63) is 59.6 Å². The SMILES string of the molecule is COC1=CC2(OC)CC2C(N2CCN(C(=O)c3nc(SC)n(C)c3-c3ccccc3)CC2)=C1. The number of piperazine rings is 1. The topological polar surface area (TPSA) is 59.8 Å². The van der Waals surface area contributed by atoms with E-state index in [1.54, 1.807) is 26.0 Å². The van der Waals surface area contributed by atoms with Crippen molar-refractivity contribution in [3.63, 3.8) is 0 Å². The molecule has 0 N–H and O–H groups in total. The average Bonchev–Trinajstić information content (AvgIpc) is 3.51. The lowest BCUT2D eigenvalue weighted by atomic mass is 10.0. The standard InChI is InChI=1S/C25H30N4O3S/c1-27-22(17-8-6-5-7-9-17)21(26-24(27)33-4)23(30)29-12-10-28(11-13-29)20-14-18(31-2)15-25(32-3)16-19(20)25/h5-9,14-15,19H,10-13,16H2,1-4H3. The first-order chi connectivity index (χ1) is 16.0. The van der Waals surface area contributed by atoms with Crippen molar-refractivity contribution >= 4 is 17.7 Å². The number of hydrogen-bond acceptors (Lipinski definition) is 6. The van der Waals surface area contributed by atoms with Gasteiger partial charge in [0.1, 0.15) is 5.76 Å². The molecule has 1 aromatic heterocycles. The van der Waals surface area contributed by atoms with Gasteiger partial charge in [0.05, 0.1) is 18.4 Å². The highest BCUT2D eigenvalue weighted by atomic mass is 32.2. The molecule has 3 aliphatic rings. The van der Waals surface area contributed by atoms with Gasteiger partial charge in [-0.05, 0) is 24.8 Å². The largest absolute Gasteiger partial charge is 0.497 e. The van der Waals surface area contributed by atoms with Gasteiger partial charge < -0.3 is 23.8 Å². The number of carbonyl (C=O) groups is 1. The third-order valence-corrected chi connectivity index (χ3v) is 7.75. The maximum atomic E-state index is 13.6. The molecule has 1 amide bonds. The van der Waals surface area contributed by atoms with Crippen molar-refractivity contribution in [1.29, 1.82) is 0 Å². The van der Waals surface area contributed by atoms with Crippen LogP contribution >= 0.6 is 11.8 Å². The molecule has 33 heavy (non-hydrogen) atoms. The molecular weight excluding hydrogens is 436 g/mol. The molecule has 2 aliphatic carbocycles. The van der Waals surface area contributed by atoms with E-state index in [1.165, 1.54) is 5.70 Å². The zero-order valence-electron chi connectivity index (χ0n) is 19.6. The molecule has 7 nitrogen and oxygen atoms in total. The van der Waals surface area contributed by atoms with E-state index < -0.39 is 0 Å². The summed E-state index contributed by atoms with van der Waals surface area (Å²) in [5.41, 5.74) is 3.44.